The van der Waals surface area contributed by atoms with Gasteiger partial charge in [0.25, 0.3) is 0 Å². The van der Waals surface area contributed by atoms with Crippen molar-refractivity contribution in [3.63, 3.8) is 0 Å². The van der Waals surface area contributed by atoms with Gasteiger partial charge in [-0.25, -0.2) is 0 Å². The third-order valence-electron chi connectivity index (χ3n) is 3.63. The van der Waals surface area contributed by atoms with E-state index in [9.17, 15) is 5.11 Å². The van der Waals surface area contributed by atoms with Crippen molar-refractivity contribution >= 4 is 0 Å². The maximum atomic E-state index is 9.56. The van der Waals surface area contributed by atoms with Gasteiger partial charge in [0, 0.05) is 0 Å². The molecule has 3 unspecified atom stereocenters. The molecule has 2 saturated carbocycles. The van der Waals surface area contributed by atoms with Crippen molar-refractivity contribution in [3.8, 4) is 0 Å². The van der Waals surface area contributed by atoms with Gasteiger partial charge in [-0.15, -0.1) is 0 Å². The van der Waals surface area contributed by atoms with Crippen LogP contribution in [0.25, 0.3) is 0 Å². The lowest BCUT2D eigenvalue weighted by molar-refractivity contribution is 0.104. The van der Waals surface area contributed by atoms with E-state index in [0.29, 0.717) is 11.3 Å². The second-order valence-corrected chi connectivity index (χ2v) is 4.26. The van der Waals surface area contributed by atoms with Gasteiger partial charge in [-0.1, -0.05) is 13.3 Å². The van der Waals surface area contributed by atoms with Crippen molar-refractivity contribution in [2.24, 2.45) is 11.3 Å². The Hall–Kier alpha value is -0.0400. The van der Waals surface area contributed by atoms with Gasteiger partial charge < -0.3 is 5.11 Å². The lowest BCUT2D eigenvalue weighted by Crippen LogP contribution is -2.21. The maximum absolute atomic E-state index is 9.56. The molecule has 2 aliphatic rings. The molecule has 0 saturated heterocycles. The molecule has 58 valence electrons. The van der Waals surface area contributed by atoms with Crippen LogP contribution in [0.15, 0.2) is 0 Å². The molecule has 0 radical (unpaired) electrons. The molecule has 0 aromatic carbocycles. The highest BCUT2D eigenvalue weighted by atomic mass is 16.3. The van der Waals surface area contributed by atoms with E-state index < -0.39 is 0 Å². The minimum absolute atomic E-state index is 0.0347. The summed E-state index contributed by atoms with van der Waals surface area (Å²) in [6, 6.07) is 0. The zero-order valence-electron chi connectivity index (χ0n) is 6.64. The monoisotopic (exact) mass is 140 g/mol. The number of aliphatic hydroxyl groups excluding tert-OH is 1. The molecule has 1 nitrogen and oxygen atoms in total. The summed E-state index contributed by atoms with van der Waals surface area (Å²) < 4.78 is 0. The molecule has 1 N–H and O–H groups in total. The van der Waals surface area contributed by atoms with E-state index >= 15 is 0 Å². The van der Waals surface area contributed by atoms with Gasteiger partial charge in [0.15, 0.2) is 0 Å². The van der Waals surface area contributed by atoms with Crippen LogP contribution < -0.4 is 0 Å². The molecule has 0 amide bonds. The average molecular weight is 140 g/mol. The minimum atomic E-state index is 0.0347. The molecule has 0 spiro atoms. The van der Waals surface area contributed by atoms with Crippen LogP contribution in [-0.2, 0) is 0 Å². The molecule has 10 heavy (non-hydrogen) atoms. The first-order valence-electron chi connectivity index (χ1n) is 4.40. The van der Waals surface area contributed by atoms with E-state index in [-0.39, 0.29) is 6.10 Å². The van der Waals surface area contributed by atoms with E-state index in [0.717, 1.165) is 6.42 Å². The summed E-state index contributed by atoms with van der Waals surface area (Å²) in [5, 5.41) is 9.56. The molecule has 0 bridgehead atoms. The second-order valence-electron chi connectivity index (χ2n) is 4.26. The van der Waals surface area contributed by atoms with Crippen molar-refractivity contribution in [1.82, 2.24) is 0 Å². The van der Waals surface area contributed by atoms with Gasteiger partial charge >= 0.3 is 0 Å². The number of hydrogen-bond acceptors (Lipinski definition) is 1. The molecule has 0 aliphatic heterocycles. The third-order valence-corrected chi connectivity index (χ3v) is 3.63. The van der Waals surface area contributed by atoms with Crippen LogP contribution >= 0.6 is 0 Å². The van der Waals surface area contributed by atoms with Gasteiger partial charge in [-0.2, -0.15) is 0 Å². The Morgan fingerprint density at radius 2 is 2.10 bits per heavy atom. The van der Waals surface area contributed by atoms with E-state index in [1.165, 1.54) is 25.7 Å². The lowest BCUT2D eigenvalue weighted by Gasteiger charge is -2.24. The molecule has 2 rings (SSSR count). The van der Waals surface area contributed by atoms with Crippen molar-refractivity contribution in [2.45, 2.75) is 45.1 Å². The van der Waals surface area contributed by atoms with Gasteiger partial charge in [0.2, 0.25) is 0 Å². The summed E-state index contributed by atoms with van der Waals surface area (Å²) in [6.07, 6.45) is 6.33. The van der Waals surface area contributed by atoms with Gasteiger partial charge in [-0.05, 0) is 37.0 Å². The Kier molecular flexibility index (Phi) is 1.31. The standard InChI is InChI=1S/C9H16O/c1-9-5-2-3-7(9)8(10)4-6-9/h7-8,10H,2-6H2,1H3. The Labute approximate surface area is 62.4 Å². The van der Waals surface area contributed by atoms with Crippen LogP contribution in [0.2, 0.25) is 0 Å². The predicted molar refractivity (Wildman–Crippen MR) is 40.7 cm³/mol. The fraction of sp³-hybridized carbons (Fsp3) is 1.00. The first kappa shape index (κ1) is 6.66. The number of hydrogen-bond donors (Lipinski definition) is 1. The van der Waals surface area contributed by atoms with Crippen molar-refractivity contribution in [2.75, 3.05) is 0 Å². The van der Waals surface area contributed by atoms with E-state index in [2.05, 4.69) is 6.92 Å². The largest absolute Gasteiger partial charge is 0.393 e. The van der Waals surface area contributed by atoms with Crippen LogP contribution in [0.4, 0.5) is 0 Å². The van der Waals surface area contributed by atoms with Crippen molar-refractivity contribution in [1.29, 1.82) is 0 Å². The highest BCUT2D eigenvalue weighted by Gasteiger charge is 2.46. The van der Waals surface area contributed by atoms with Crippen LogP contribution in [0.5, 0.6) is 0 Å². The molecule has 2 fully saturated rings. The molecule has 0 aromatic heterocycles. The Morgan fingerprint density at radius 3 is 2.80 bits per heavy atom. The molecule has 0 aromatic rings. The van der Waals surface area contributed by atoms with E-state index in [1.807, 2.05) is 0 Å². The van der Waals surface area contributed by atoms with Crippen LogP contribution in [0, 0.1) is 11.3 Å². The molecule has 1 heteroatoms. The number of rotatable bonds is 0. The summed E-state index contributed by atoms with van der Waals surface area (Å²) in [7, 11) is 0. The highest BCUT2D eigenvalue weighted by molar-refractivity contribution is 4.97. The molecular weight excluding hydrogens is 124 g/mol. The van der Waals surface area contributed by atoms with Crippen LogP contribution in [-0.4, -0.2) is 11.2 Å². The fourth-order valence-electron chi connectivity index (χ4n) is 2.91. The first-order valence-corrected chi connectivity index (χ1v) is 4.40. The van der Waals surface area contributed by atoms with Gasteiger partial charge in [-0.3, -0.25) is 0 Å². The number of aliphatic hydroxyl groups is 1. The van der Waals surface area contributed by atoms with Crippen LogP contribution in [0.1, 0.15) is 39.0 Å². The molecular formula is C9H16O. The SMILES string of the molecule is CC12CCCC1C(O)CC2. The highest BCUT2D eigenvalue weighted by Crippen LogP contribution is 2.53. The van der Waals surface area contributed by atoms with Gasteiger partial charge in [0.05, 0.1) is 6.10 Å². The summed E-state index contributed by atoms with van der Waals surface area (Å²) in [6.45, 7) is 2.35. The summed E-state index contributed by atoms with van der Waals surface area (Å²) in [4.78, 5) is 0. The van der Waals surface area contributed by atoms with Crippen molar-refractivity contribution < 1.29 is 5.11 Å². The predicted octanol–water partition coefficient (Wildman–Crippen LogP) is 1.95. The quantitative estimate of drug-likeness (QED) is 0.545. The maximum Gasteiger partial charge on any atom is 0.0573 e. The summed E-state index contributed by atoms with van der Waals surface area (Å²) in [5.41, 5.74) is 0.527. The summed E-state index contributed by atoms with van der Waals surface area (Å²) in [5.74, 6) is 0.646. The molecule has 3 atom stereocenters. The zero-order valence-corrected chi connectivity index (χ0v) is 6.64. The Balaban J connectivity index is 2.19. The van der Waals surface area contributed by atoms with Gasteiger partial charge in [0.1, 0.15) is 0 Å². The Morgan fingerprint density at radius 1 is 1.30 bits per heavy atom. The zero-order chi connectivity index (χ0) is 7.19. The average Bonchev–Trinajstić information content (AvgIpc) is 2.35. The van der Waals surface area contributed by atoms with Crippen molar-refractivity contribution in [3.05, 3.63) is 0 Å². The number of fused-ring (bicyclic) bond motifs is 1. The molecule has 2 aliphatic carbocycles. The summed E-state index contributed by atoms with van der Waals surface area (Å²) >= 11 is 0. The fourth-order valence-corrected chi connectivity index (χ4v) is 2.91. The van der Waals surface area contributed by atoms with E-state index in [1.54, 1.807) is 0 Å². The lowest BCUT2D eigenvalue weighted by atomic mass is 9.82. The Bertz CT molecular complexity index is 144. The molecule has 0 heterocycles. The minimum Gasteiger partial charge on any atom is -0.393 e. The topological polar surface area (TPSA) is 20.2 Å². The van der Waals surface area contributed by atoms with Crippen LogP contribution in [0.3, 0.4) is 0 Å². The first-order chi connectivity index (χ1) is 4.72. The van der Waals surface area contributed by atoms with E-state index in [4.69, 9.17) is 0 Å². The second kappa shape index (κ2) is 1.97. The smallest absolute Gasteiger partial charge is 0.0573 e. The normalized spacial score (nSPS) is 53.4. The third kappa shape index (κ3) is 0.731.